The van der Waals surface area contributed by atoms with Gasteiger partial charge in [-0.25, -0.2) is 0 Å². The van der Waals surface area contributed by atoms with E-state index in [4.69, 9.17) is 5.73 Å². The number of rotatable bonds is 1. The number of benzene rings is 1. The van der Waals surface area contributed by atoms with E-state index in [1.54, 1.807) is 0 Å². The summed E-state index contributed by atoms with van der Waals surface area (Å²) in [5.74, 6) is 0.0887. The van der Waals surface area contributed by atoms with Gasteiger partial charge in [-0.3, -0.25) is 4.79 Å². The molecule has 0 spiro atoms. The van der Waals surface area contributed by atoms with E-state index in [-0.39, 0.29) is 17.5 Å². The molecule has 17 heavy (non-hydrogen) atoms. The highest BCUT2D eigenvalue weighted by molar-refractivity contribution is 5.94. The first-order valence-corrected chi connectivity index (χ1v) is 6.16. The molecule has 0 aliphatic carbocycles. The van der Waals surface area contributed by atoms with Crippen molar-refractivity contribution < 1.29 is 4.79 Å². The molecule has 1 fully saturated rings. The minimum absolute atomic E-state index is 0.0592. The van der Waals surface area contributed by atoms with Gasteiger partial charge < -0.3 is 10.6 Å². The van der Waals surface area contributed by atoms with E-state index in [1.165, 1.54) is 0 Å². The molecule has 1 amide bonds. The van der Waals surface area contributed by atoms with Gasteiger partial charge in [-0.1, -0.05) is 18.2 Å². The van der Waals surface area contributed by atoms with E-state index in [0.717, 1.165) is 24.9 Å². The molecular formula is C14H20N2O. The van der Waals surface area contributed by atoms with Gasteiger partial charge >= 0.3 is 0 Å². The minimum Gasteiger partial charge on any atom is -0.332 e. The van der Waals surface area contributed by atoms with E-state index in [2.05, 4.69) is 13.8 Å². The standard InChI is InChI=1S/C14H20N2O/c1-14(2)12(15)9-6-10-16(14)13(17)11-7-4-3-5-8-11/h3-5,7-8,12H,6,9-10,15H2,1-2H3. The first kappa shape index (κ1) is 12.1. The first-order chi connectivity index (χ1) is 8.03. The molecule has 1 aliphatic rings. The number of nitrogens with zero attached hydrogens (tertiary/aromatic N) is 1. The highest BCUT2D eigenvalue weighted by atomic mass is 16.2. The zero-order valence-electron chi connectivity index (χ0n) is 10.5. The van der Waals surface area contributed by atoms with E-state index in [9.17, 15) is 4.79 Å². The van der Waals surface area contributed by atoms with Crippen LogP contribution >= 0.6 is 0 Å². The summed E-state index contributed by atoms with van der Waals surface area (Å²) in [5, 5.41) is 0. The Bertz CT molecular complexity index is 400. The fourth-order valence-corrected chi connectivity index (χ4v) is 2.41. The summed E-state index contributed by atoms with van der Waals surface area (Å²) in [6, 6.07) is 9.48. The average molecular weight is 232 g/mol. The molecule has 0 saturated carbocycles. The molecular weight excluding hydrogens is 212 g/mol. The van der Waals surface area contributed by atoms with Crippen molar-refractivity contribution in [1.82, 2.24) is 4.90 Å². The lowest BCUT2D eigenvalue weighted by atomic mass is 9.85. The monoisotopic (exact) mass is 232 g/mol. The van der Waals surface area contributed by atoms with Crippen LogP contribution in [-0.4, -0.2) is 28.9 Å². The summed E-state index contributed by atoms with van der Waals surface area (Å²) in [4.78, 5) is 14.3. The number of amides is 1. The lowest BCUT2D eigenvalue weighted by molar-refractivity contribution is 0.0362. The van der Waals surface area contributed by atoms with Crippen LogP contribution in [0.4, 0.5) is 0 Å². The van der Waals surface area contributed by atoms with Crippen LogP contribution in [0.2, 0.25) is 0 Å². The van der Waals surface area contributed by atoms with Crippen LogP contribution in [0.3, 0.4) is 0 Å². The van der Waals surface area contributed by atoms with Crippen molar-refractivity contribution in [3.63, 3.8) is 0 Å². The predicted octanol–water partition coefficient (Wildman–Crippen LogP) is 2.03. The van der Waals surface area contributed by atoms with Crippen molar-refractivity contribution in [2.75, 3.05) is 6.54 Å². The van der Waals surface area contributed by atoms with Gasteiger partial charge in [0.2, 0.25) is 0 Å². The Morgan fingerprint density at radius 1 is 1.35 bits per heavy atom. The van der Waals surface area contributed by atoms with Crippen molar-refractivity contribution in [2.24, 2.45) is 5.73 Å². The summed E-state index contributed by atoms with van der Waals surface area (Å²) < 4.78 is 0. The average Bonchev–Trinajstić information content (AvgIpc) is 2.33. The van der Waals surface area contributed by atoms with Crippen LogP contribution in [0.1, 0.15) is 37.0 Å². The Balaban J connectivity index is 2.25. The van der Waals surface area contributed by atoms with Crippen LogP contribution in [0.25, 0.3) is 0 Å². The molecule has 1 aliphatic heterocycles. The van der Waals surface area contributed by atoms with Gasteiger partial charge in [-0.2, -0.15) is 0 Å². The van der Waals surface area contributed by atoms with Crippen molar-refractivity contribution >= 4 is 5.91 Å². The smallest absolute Gasteiger partial charge is 0.254 e. The predicted molar refractivity (Wildman–Crippen MR) is 68.8 cm³/mol. The number of carbonyl (C=O) groups excluding carboxylic acids is 1. The lowest BCUT2D eigenvalue weighted by Crippen LogP contribution is -2.61. The number of hydrogen-bond acceptors (Lipinski definition) is 2. The lowest BCUT2D eigenvalue weighted by Gasteiger charge is -2.46. The Morgan fingerprint density at radius 2 is 2.00 bits per heavy atom. The fraction of sp³-hybridized carbons (Fsp3) is 0.500. The second-order valence-electron chi connectivity index (χ2n) is 5.23. The molecule has 92 valence electrons. The van der Waals surface area contributed by atoms with Crippen molar-refractivity contribution in [3.8, 4) is 0 Å². The number of carbonyl (C=O) groups is 1. The SMILES string of the molecule is CC1(C)C(N)CCCN1C(=O)c1ccccc1. The zero-order chi connectivity index (χ0) is 12.5. The number of likely N-dealkylation sites (tertiary alicyclic amines) is 1. The molecule has 0 radical (unpaired) electrons. The van der Waals surface area contributed by atoms with Gasteiger partial charge in [0, 0.05) is 18.2 Å². The van der Waals surface area contributed by atoms with Gasteiger partial charge in [-0.05, 0) is 38.8 Å². The summed E-state index contributed by atoms with van der Waals surface area (Å²) >= 11 is 0. The summed E-state index contributed by atoms with van der Waals surface area (Å²) in [6.45, 7) is 4.91. The normalized spacial score (nSPS) is 23.5. The third kappa shape index (κ3) is 2.20. The number of hydrogen-bond donors (Lipinski definition) is 1. The minimum atomic E-state index is -0.259. The fourth-order valence-electron chi connectivity index (χ4n) is 2.41. The van der Waals surface area contributed by atoms with Crippen molar-refractivity contribution in [2.45, 2.75) is 38.3 Å². The van der Waals surface area contributed by atoms with E-state index in [1.807, 2.05) is 35.2 Å². The zero-order valence-corrected chi connectivity index (χ0v) is 10.5. The van der Waals surface area contributed by atoms with Crippen molar-refractivity contribution in [3.05, 3.63) is 35.9 Å². The maximum absolute atomic E-state index is 12.4. The molecule has 3 nitrogen and oxygen atoms in total. The van der Waals surface area contributed by atoms with Gasteiger partial charge in [-0.15, -0.1) is 0 Å². The summed E-state index contributed by atoms with van der Waals surface area (Å²) in [6.07, 6.45) is 1.98. The molecule has 0 bridgehead atoms. The Kier molecular flexibility index (Phi) is 3.20. The molecule has 1 unspecified atom stereocenters. The van der Waals surface area contributed by atoms with Crippen LogP contribution in [0, 0.1) is 0 Å². The Labute approximate surface area is 103 Å². The van der Waals surface area contributed by atoms with E-state index >= 15 is 0 Å². The quantitative estimate of drug-likeness (QED) is 0.805. The third-order valence-electron chi connectivity index (χ3n) is 3.77. The Morgan fingerprint density at radius 3 is 2.65 bits per heavy atom. The molecule has 2 N–H and O–H groups in total. The van der Waals surface area contributed by atoms with Gasteiger partial charge in [0.05, 0.1) is 5.54 Å². The Hall–Kier alpha value is -1.35. The van der Waals surface area contributed by atoms with Crippen LogP contribution < -0.4 is 5.73 Å². The first-order valence-electron chi connectivity index (χ1n) is 6.16. The van der Waals surface area contributed by atoms with Gasteiger partial charge in [0.15, 0.2) is 0 Å². The highest BCUT2D eigenvalue weighted by Gasteiger charge is 2.39. The maximum atomic E-state index is 12.4. The van der Waals surface area contributed by atoms with Crippen LogP contribution in [-0.2, 0) is 0 Å². The molecule has 1 atom stereocenters. The molecule has 0 aromatic heterocycles. The number of nitrogens with two attached hydrogens (primary N) is 1. The molecule has 3 heteroatoms. The molecule has 1 heterocycles. The van der Waals surface area contributed by atoms with Crippen LogP contribution in [0.15, 0.2) is 30.3 Å². The molecule has 1 aromatic rings. The van der Waals surface area contributed by atoms with Crippen LogP contribution in [0.5, 0.6) is 0 Å². The van der Waals surface area contributed by atoms with Gasteiger partial charge in [0.1, 0.15) is 0 Å². The second kappa shape index (κ2) is 4.49. The molecule has 1 aromatic carbocycles. The largest absolute Gasteiger partial charge is 0.332 e. The number of piperidine rings is 1. The third-order valence-corrected chi connectivity index (χ3v) is 3.77. The summed E-state index contributed by atoms with van der Waals surface area (Å²) in [5.41, 5.74) is 6.61. The second-order valence-corrected chi connectivity index (χ2v) is 5.23. The molecule has 1 saturated heterocycles. The topological polar surface area (TPSA) is 46.3 Å². The van der Waals surface area contributed by atoms with Crippen molar-refractivity contribution in [1.29, 1.82) is 0 Å². The van der Waals surface area contributed by atoms with E-state index < -0.39 is 0 Å². The highest BCUT2D eigenvalue weighted by Crippen LogP contribution is 2.28. The van der Waals surface area contributed by atoms with E-state index in [0.29, 0.717) is 0 Å². The van der Waals surface area contributed by atoms with Gasteiger partial charge in [0.25, 0.3) is 5.91 Å². The summed E-state index contributed by atoms with van der Waals surface area (Å²) in [7, 11) is 0. The maximum Gasteiger partial charge on any atom is 0.254 e. The molecule has 2 rings (SSSR count).